The molecule has 1 aromatic carbocycles. The van der Waals surface area contributed by atoms with E-state index in [-0.39, 0.29) is 39.3 Å². The summed E-state index contributed by atoms with van der Waals surface area (Å²) < 4.78 is 95.5. The molecular weight excluding hydrogens is 421 g/mol. The van der Waals surface area contributed by atoms with Crippen molar-refractivity contribution in [3.05, 3.63) is 22.2 Å². The van der Waals surface area contributed by atoms with Gasteiger partial charge in [0.2, 0.25) is 0 Å². The number of aromatic nitrogens is 1. The fourth-order valence-electron chi connectivity index (χ4n) is 2.13. The summed E-state index contributed by atoms with van der Waals surface area (Å²) in [6.07, 6.45) is -3.64. The third kappa shape index (κ3) is 4.46. The molecule has 0 saturated carbocycles. The Balaban J connectivity index is 2.71. The molecule has 0 bridgehead atoms. The Morgan fingerprint density at radius 3 is 2.48 bits per heavy atom. The second-order valence-electron chi connectivity index (χ2n) is 5.17. The van der Waals surface area contributed by atoms with E-state index in [4.69, 9.17) is 4.74 Å². The lowest BCUT2D eigenvalue weighted by Crippen LogP contribution is -2.28. The lowest BCUT2D eigenvalue weighted by Gasteiger charge is -2.15. The third-order valence-electron chi connectivity index (χ3n) is 3.27. The molecule has 0 N–H and O–H groups in total. The number of halogens is 5. The third-order valence-corrected chi connectivity index (χ3v) is 5.30. The van der Waals surface area contributed by atoms with Gasteiger partial charge in [0.25, 0.3) is 6.43 Å². The second-order valence-corrected chi connectivity index (χ2v) is 7.74. The number of ether oxygens (including phenoxy) is 1. The average Bonchev–Trinajstić information content (AvgIpc) is 2.93. The highest BCUT2D eigenvalue weighted by atomic mass is 32.2. The van der Waals surface area contributed by atoms with Crippen molar-refractivity contribution in [3.63, 3.8) is 0 Å². The monoisotopic (exact) mass is 433 g/mol. The van der Waals surface area contributed by atoms with Gasteiger partial charge in [0.1, 0.15) is 0 Å². The van der Waals surface area contributed by atoms with Crippen LogP contribution in [0.1, 0.15) is 29.5 Å². The lowest BCUT2D eigenvalue weighted by atomic mass is 10.0. The molecule has 2 aromatic rings. The largest absolute Gasteiger partial charge is 0.534 e. The number of esters is 1. The highest BCUT2D eigenvalue weighted by Gasteiger charge is 2.49. The number of aryl methyl sites for hydroxylation is 1. The molecule has 0 unspecified atom stereocenters. The van der Waals surface area contributed by atoms with E-state index in [1.165, 1.54) is 19.9 Å². The van der Waals surface area contributed by atoms with Gasteiger partial charge in [-0.2, -0.15) is 21.6 Å². The SMILES string of the molecule is CCOC(=O)Cc1c(C)cc2nc(C(F)F)sc2c1OS(=O)(=O)C(F)(F)F. The van der Waals surface area contributed by atoms with Gasteiger partial charge in [0, 0.05) is 5.56 Å². The number of carbonyl (C=O) groups excluding carboxylic acids is 1. The van der Waals surface area contributed by atoms with Crippen LogP contribution in [0.2, 0.25) is 0 Å². The van der Waals surface area contributed by atoms with Crippen LogP contribution in [0, 0.1) is 6.92 Å². The van der Waals surface area contributed by atoms with E-state index in [0.29, 0.717) is 0 Å². The molecule has 13 heteroatoms. The highest BCUT2D eigenvalue weighted by Crippen LogP contribution is 2.41. The number of fused-ring (bicyclic) bond motifs is 1. The fraction of sp³-hybridized carbons (Fsp3) is 0.429. The maximum Gasteiger partial charge on any atom is 0.534 e. The lowest BCUT2D eigenvalue weighted by molar-refractivity contribution is -0.142. The number of nitrogens with zero attached hydrogens (tertiary/aromatic N) is 1. The number of thiazole rings is 1. The summed E-state index contributed by atoms with van der Waals surface area (Å²) in [6, 6.07) is 1.25. The highest BCUT2D eigenvalue weighted by molar-refractivity contribution is 7.88. The van der Waals surface area contributed by atoms with Crippen molar-refractivity contribution in [2.75, 3.05) is 6.61 Å². The first kappa shape index (κ1) is 21.3. The van der Waals surface area contributed by atoms with Crippen LogP contribution in [0.4, 0.5) is 22.0 Å². The van der Waals surface area contributed by atoms with Crippen LogP contribution >= 0.6 is 11.3 Å². The first-order valence-corrected chi connectivity index (χ1v) is 9.47. The Kier molecular flexibility index (Phi) is 5.94. The van der Waals surface area contributed by atoms with Crippen molar-refractivity contribution >= 4 is 37.6 Å². The predicted octanol–water partition coefficient (Wildman–Crippen LogP) is 3.88. The van der Waals surface area contributed by atoms with Crippen LogP contribution in [0.15, 0.2) is 6.07 Å². The molecule has 6 nitrogen and oxygen atoms in total. The number of benzene rings is 1. The van der Waals surface area contributed by atoms with Crippen LogP contribution < -0.4 is 4.18 Å². The van der Waals surface area contributed by atoms with E-state index < -0.39 is 45.2 Å². The number of carbonyl (C=O) groups is 1. The summed E-state index contributed by atoms with van der Waals surface area (Å²) in [6.45, 7) is 2.83. The minimum atomic E-state index is -6.10. The van der Waals surface area contributed by atoms with Gasteiger partial charge in [-0.1, -0.05) is 0 Å². The molecular formula is C14H12F5NO5S2. The molecule has 0 aliphatic carbocycles. The molecule has 1 aromatic heterocycles. The summed E-state index contributed by atoms with van der Waals surface area (Å²) in [5.74, 6) is -1.72. The van der Waals surface area contributed by atoms with Gasteiger partial charge in [-0.25, -0.2) is 13.8 Å². The fourth-order valence-corrected chi connectivity index (χ4v) is 3.59. The Morgan fingerprint density at radius 2 is 1.96 bits per heavy atom. The number of hydrogen-bond acceptors (Lipinski definition) is 7. The molecule has 0 fully saturated rings. The first-order valence-electron chi connectivity index (χ1n) is 7.24. The Bertz CT molecular complexity index is 968. The van der Waals surface area contributed by atoms with Crippen molar-refractivity contribution < 1.29 is 44.1 Å². The Morgan fingerprint density at radius 1 is 1.33 bits per heavy atom. The molecule has 0 aliphatic heterocycles. The van der Waals surface area contributed by atoms with Gasteiger partial charge in [-0.05, 0) is 25.5 Å². The molecule has 2 rings (SSSR count). The minimum absolute atomic E-state index is 0.0206. The Hall–Kier alpha value is -2.02. The number of hydrogen-bond donors (Lipinski definition) is 0. The molecule has 0 spiro atoms. The molecule has 1 heterocycles. The van der Waals surface area contributed by atoms with Crippen LogP contribution in [-0.2, 0) is 26.1 Å². The molecule has 27 heavy (non-hydrogen) atoms. The maximum absolute atomic E-state index is 12.9. The van der Waals surface area contributed by atoms with Gasteiger partial charge >= 0.3 is 21.6 Å². The molecule has 0 aliphatic rings. The Labute approximate surface area is 154 Å². The normalized spacial score (nSPS) is 12.6. The zero-order valence-electron chi connectivity index (χ0n) is 13.8. The molecule has 0 amide bonds. The summed E-state index contributed by atoms with van der Waals surface area (Å²) in [7, 11) is -6.10. The van der Waals surface area contributed by atoms with Crippen molar-refractivity contribution in [2.24, 2.45) is 0 Å². The van der Waals surface area contributed by atoms with Crippen molar-refractivity contribution in [1.29, 1.82) is 0 Å². The molecule has 0 atom stereocenters. The standard InChI is InChI=1S/C14H12F5NO5S2/c1-3-24-9(21)5-7-6(2)4-8-11(26-13(20-8)12(15)16)10(7)25-27(22,23)14(17,18)19/h4,12H,3,5H2,1-2H3. The van der Waals surface area contributed by atoms with E-state index in [2.05, 4.69) is 9.17 Å². The summed E-state index contributed by atoms with van der Waals surface area (Å²) >= 11 is 0.277. The topological polar surface area (TPSA) is 82.6 Å². The number of alkyl halides is 5. The van der Waals surface area contributed by atoms with Crippen molar-refractivity contribution in [3.8, 4) is 5.75 Å². The van der Waals surface area contributed by atoms with Crippen molar-refractivity contribution in [2.45, 2.75) is 32.2 Å². The zero-order valence-corrected chi connectivity index (χ0v) is 15.4. The molecule has 0 saturated heterocycles. The van der Waals surface area contributed by atoms with Crippen LogP contribution in [0.3, 0.4) is 0 Å². The molecule has 150 valence electrons. The van der Waals surface area contributed by atoms with E-state index >= 15 is 0 Å². The average molecular weight is 433 g/mol. The maximum atomic E-state index is 12.9. The van der Waals surface area contributed by atoms with Crippen LogP contribution in [0.5, 0.6) is 5.75 Å². The van der Waals surface area contributed by atoms with Gasteiger partial charge in [0.15, 0.2) is 10.8 Å². The number of rotatable bonds is 6. The van der Waals surface area contributed by atoms with E-state index in [9.17, 15) is 35.2 Å². The van der Waals surface area contributed by atoms with E-state index in [1.807, 2.05) is 0 Å². The second kappa shape index (κ2) is 7.54. The van der Waals surface area contributed by atoms with Crippen LogP contribution in [0.25, 0.3) is 10.2 Å². The van der Waals surface area contributed by atoms with Crippen molar-refractivity contribution in [1.82, 2.24) is 4.98 Å². The van der Waals surface area contributed by atoms with Gasteiger partial charge in [-0.3, -0.25) is 4.79 Å². The van der Waals surface area contributed by atoms with Gasteiger partial charge < -0.3 is 8.92 Å². The smallest absolute Gasteiger partial charge is 0.466 e. The van der Waals surface area contributed by atoms with Crippen LogP contribution in [-0.4, -0.2) is 31.5 Å². The summed E-state index contributed by atoms with van der Waals surface area (Å²) in [4.78, 5) is 15.3. The summed E-state index contributed by atoms with van der Waals surface area (Å²) in [5.41, 5.74) is -6.01. The quantitative estimate of drug-likeness (QED) is 0.298. The van der Waals surface area contributed by atoms with Gasteiger partial charge in [0.05, 0.1) is 23.2 Å². The summed E-state index contributed by atoms with van der Waals surface area (Å²) in [5, 5.41) is -0.730. The first-order chi connectivity index (χ1) is 12.4. The molecule has 0 radical (unpaired) electrons. The minimum Gasteiger partial charge on any atom is -0.466 e. The van der Waals surface area contributed by atoms with Gasteiger partial charge in [-0.15, -0.1) is 11.3 Å². The van der Waals surface area contributed by atoms with E-state index in [0.717, 1.165) is 0 Å². The van der Waals surface area contributed by atoms with E-state index in [1.54, 1.807) is 0 Å². The predicted molar refractivity (Wildman–Crippen MR) is 85.3 cm³/mol. The zero-order chi connectivity index (χ0) is 20.6.